The van der Waals surface area contributed by atoms with E-state index in [-0.39, 0.29) is 0 Å². The SMILES string of the molecule is CCC(C)(N)c1ncc(-c2ccc(Cl)s2)[nH]1. The van der Waals surface area contributed by atoms with Gasteiger partial charge in [0.2, 0.25) is 0 Å². The summed E-state index contributed by atoms with van der Waals surface area (Å²) in [5.74, 6) is 0.814. The lowest BCUT2D eigenvalue weighted by atomic mass is 10.0. The Morgan fingerprint density at radius 2 is 2.31 bits per heavy atom. The normalized spacial score (nSPS) is 15.0. The van der Waals surface area contributed by atoms with Crippen LogP contribution in [0.5, 0.6) is 0 Å². The van der Waals surface area contributed by atoms with Crippen LogP contribution in [0.15, 0.2) is 18.3 Å². The molecule has 1 atom stereocenters. The fourth-order valence-electron chi connectivity index (χ4n) is 1.36. The molecule has 2 aromatic rings. The molecule has 0 aliphatic carbocycles. The Morgan fingerprint density at radius 3 is 2.88 bits per heavy atom. The molecule has 0 amide bonds. The maximum Gasteiger partial charge on any atom is 0.126 e. The molecule has 0 aliphatic heterocycles. The molecule has 2 aromatic heterocycles. The average Bonchev–Trinajstić information content (AvgIpc) is 2.85. The Hall–Kier alpha value is -0.840. The van der Waals surface area contributed by atoms with Crippen LogP contribution in [0.1, 0.15) is 26.1 Å². The van der Waals surface area contributed by atoms with Gasteiger partial charge in [0.15, 0.2) is 0 Å². The van der Waals surface area contributed by atoms with E-state index in [1.54, 1.807) is 6.20 Å². The first-order valence-corrected chi connectivity index (χ1v) is 6.32. The first-order chi connectivity index (χ1) is 7.53. The fourth-order valence-corrected chi connectivity index (χ4v) is 2.37. The molecule has 2 heterocycles. The number of nitrogens with two attached hydrogens (primary N) is 1. The van der Waals surface area contributed by atoms with Gasteiger partial charge in [-0.25, -0.2) is 4.98 Å². The third-order valence-corrected chi connectivity index (χ3v) is 3.95. The summed E-state index contributed by atoms with van der Waals surface area (Å²) in [6.45, 7) is 4.02. The summed E-state index contributed by atoms with van der Waals surface area (Å²) in [5, 5.41) is 0. The molecule has 0 aliphatic rings. The zero-order valence-electron chi connectivity index (χ0n) is 9.25. The molecular formula is C11H14ClN3S. The molecule has 3 N–H and O–H groups in total. The van der Waals surface area contributed by atoms with Crippen LogP contribution in [0.3, 0.4) is 0 Å². The Labute approximate surface area is 104 Å². The van der Waals surface area contributed by atoms with E-state index in [0.717, 1.165) is 27.2 Å². The van der Waals surface area contributed by atoms with Crippen LogP contribution in [0.25, 0.3) is 10.6 Å². The van der Waals surface area contributed by atoms with Gasteiger partial charge < -0.3 is 10.7 Å². The second-order valence-corrected chi connectivity index (χ2v) is 5.74. The van der Waals surface area contributed by atoms with Gasteiger partial charge in [0.05, 0.1) is 26.6 Å². The van der Waals surface area contributed by atoms with Crippen LogP contribution in [-0.4, -0.2) is 9.97 Å². The van der Waals surface area contributed by atoms with Crippen LogP contribution in [0.4, 0.5) is 0 Å². The van der Waals surface area contributed by atoms with Gasteiger partial charge in [0, 0.05) is 0 Å². The highest BCUT2D eigenvalue weighted by Crippen LogP contribution is 2.31. The van der Waals surface area contributed by atoms with Gasteiger partial charge in [-0.15, -0.1) is 11.3 Å². The number of rotatable bonds is 3. The quantitative estimate of drug-likeness (QED) is 0.884. The largest absolute Gasteiger partial charge is 0.340 e. The Bertz CT molecular complexity index is 487. The van der Waals surface area contributed by atoms with Gasteiger partial charge in [-0.2, -0.15) is 0 Å². The van der Waals surface area contributed by atoms with E-state index in [1.807, 2.05) is 26.0 Å². The molecule has 86 valence electrons. The minimum Gasteiger partial charge on any atom is -0.340 e. The predicted molar refractivity (Wildman–Crippen MR) is 68.7 cm³/mol. The number of hydrogen-bond donors (Lipinski definition) is 2. The number of aromatic nitrogens is 2. The van der Waals surface area contributed by atoms with E-state index >= 15 is 0 Å². The Kier molecular flexibility index (Phi) is 3.06. The molecule has 0 bridgehead atoms. The lowest BCUT2D eigenvalue weighted by molar-refractivity contribution is 0.450. The smallest absolute Gasteiger partial charge is 0.126 e. The molecule has 0 saturated heterocycles. The van der Waals surface area contributed by atoms with E-state index < -0.39 is 5.54 Å². The number of aromatic amines is 1. The van der Waals surface area contributed by atoms with E-state index in [9.17, 15) is 0 Å². The minimum atomic E-state index is -0.403. The van der Waals surface area contributed by atoms with E-state index in [4.69, 9.17) is 17.3 Å². The van der Waals surface area contributed by atoms with Gasteiger partial charge in [-0.1, -0.05) is 18.5 Å². The third kappa shape index (κ3) is 2.14. The monoisotopic (exact) mass is 255 g/mol. The zero-order valence-corrected chi connectivity index (χ0v) is 10.8. The highest BCUT2D eigenvalue weighted by molar-refractivity contribution is 7.19. The van der Waals surface area contributed by atoms with Crippen molar-refractivity contribution in [2.24, 2.45) is 5.73 Å². The molecule has 2 rings (SSSR count). The second kappa shape index (κ2) is 4.20. The first-order valence-electron chi connectivity index (χ1n) is 5.13. The minimum absolute atomic E-state index is 0.403. The molecule has 0 radical (unpaired) electrons. The number of nitrogens with zero attached hydrogens (tertiary/aromatic N) is 1. The number of halogens is 1. The average molecular weight is 256 g/mol. The molecule has 0 spiro atoms. The highest BCUT2D eigenvalue weighted by Gasteiger charge is 2.22. The molecule has 5 heteroatoms. The molecular weight excluding hydrogens is 242 g/mol. The summed E-state index contributed by atoms with van der Waals surface area (Å²) in [7, 11) is 0. The van der Waals surface area contributed by atoms with Crippen LogP contribution >= 0.6 is 22.9 Å². The summed E-state index contributed by atoms with van der Waals surface area (Å²) in [4.78, 5) is 8.66. The van der Waals surface area contributed by atoms with Gasteiger partial charge in [-0.05, 0) is 25.5 Å². The maximum atomic E-state index is 6.12. The molecule has 1 unspecified atom stereocenters. The molecule has 16 heavy (non-hydrogen) atoms. The van der Waals surface area contributed by atoms with E-state index in [1.165, 1.54) is 11.3 Å². The highest BCUT2D eigenvalue weighted by atomic mass is 35.5. The summed E-state index contributed by atoms with van der Waals surface area (Å²) < 4.78 is 0.775. The summed E-state index contributed by atoms with van der Waals surface area (Å²) in [6.07, 6.45) is 2.64. The maximum absolute atomic E-state index is 6.12. The number of nitrogens with one attached hydrogen (secondary N) is 1. The van der Waals surface area contributed by atoms with Crippen molar-refractivity contribution in [1.29, 1.82) is 0 Å². The molecule has 0 fully saturated rings. The summed E-state index contributed by atoms with van der Waals surface area (Å²) >= 11 is 7.42. The first kappa shape index (κ1) is 11.6. The van der Waals surface area contributed by atoms with Crippen LogP contribution in [-0.2, 0) is 5.54 Å². The van der Waals surface area contributed by atoms with Crippen molar-refractivity contribution in [2.45, 2.75) is 25.8 Å². The number of hydrogen-bond acceptors (Lipinski definition) is 3. The second-order valence-electron chi connectivity index (χ2n) is 4.02. The zero-order chi connectivity index (χ0) is 11.8. The molecule has 0 aromatic carbocycles. The van der Waals surface area contributed by atoms with Gasteiger partial charge in [-0.3, -0.25) is 0 Å². The molecule has 0 saturated carbocycles. The Morgan fingerprint density at radius 1 is 1.56 bits per heavy atom. The van der Waals surface area contributed by atoms with Gasteiger partial charge >= 0.3 is 0 Å². The van der Waals surface area contributed by atoms with Crippen molar-refractivity contribution in [3.63, 3.8) is 0 Å². The Balaban J connectivity index is 2.33. The third-order valence-electron chi connectivity index (χ3n) is 2.69. The molecule has 3 nitrogen and oxygen atoms in total. The lowest BCUT2D eigenvalue weighted by Gasteiger charge is -2.19. The number of imidazole rings is 1. The van der Waals surface area contributed by atoms with Crippen LogP contribution < -0.4 is 5.73 Å². The number of thiophene rings is 1. The van der Waals surface area contributed by atoms with Crippen LogP contribution in [0.2, 0.25) is 4.34 Å². The number of H-pyrrole nitrogens is 1. The summed E-state index contributed by atoms with van der Waals surface area (Å²) in [5.41, 5.74) is 6.68. The standard InChI is InChI=1S/C11H14ClN3S/c1-3-11(2,13)10-14-6-7(15-10)8-4-5-9(12)16-8/h4-6H,3,13H2,1-2H3,(H,14,15). The predicted octanol–water partition coefficient (Wildman–Crippen LogP) is 3.38. The van der Waals surface area contributed by atoms with Crippen molar-refractivity contribution in [1.82, 2.24) is 9.97 Å². The van der Waals surface area contributed by atoms with Crippen molar-refractivity contribution in [3.8, 4) is 10.6 Å². The van der Waals surface area contributed by atoms with E-state index in [0.29, 0.717) is 0 Å². The van der Waals surface area contributed by atoms with E-state index in [2.05, 4.69) is 9.97 Å². The fraction of sp³-hybridized carbons (Fsp3) is 0.364. The van der Waals surface area contributed by atoms with Crippen molar-refractivity contribution in [2.75, 3.05) is 0 Å². The van der Waals surface area contributed by atoms with Crippen LogP contribution in [0, 0.1) is 0 Å². The van der Waals surface area contributed by atoms with Crippen molar-refractivity contribution in [3.05, 3.63) is 28.5 Å². The lowest BCUT2D eigenvalue weighted by Crippen LogP contribution is -2.33. The summed E-state index contributed by atoms with van der Waals surface area (Å²) in [6, 6.07) is 3.85. The van der Waals surface area contributed by atoms with Gasteiger partial charge in [0.25, 0.3) is 0 Å². The van der Waals surface area contributed by atoms with Crippen molar-refractivity contribution < 1.29 is 0 Å². The van der Waals surface area contributed by atoms with Crippen molar-refractivity contribution >= 4 is 22.9 Å². The van der Waals surface area contributed by atoms with Gasteiger partial charge in [0.1, 0.15) is 5.82 Å². The topological polar surface area (TPSA) is 54.7 Å².